The van der Waals surface area contributed by atoms with E-state index in [1.165, 1.54) is 6.07 Å². The number of nitrogens with zero attached hydrogens (tertiary/aromatic N) is 2. The number of halogens is 3. The molecule has 1 heterocycles. The smallest absolute Gasteiger partial charge is 0.381 e. The normalized spacial score (nSPS) is 15.7. The van der Waals surface area contributed by atoms with Crippen molar-refractivity contribution in [1.82, 2.24) is 5.32 Å². The molecule has 0 bridgehead atoms. The van der Waals surface area contributed by atoms with Gasteiger partial charge in [0.05, 0.1) is 27.0 Å². The standard InChI is InChI=1S/C20H18F3N3O6/c21-20(22,23)15-3-1-2-14(10-15)19(4-6-32-7-5-19)12-24-18(27)13-8-16(25(28)29)11-17(9-13)26(30)31/h1-3,8-11H,4-7,12H2,(H,24,27). The quantitative estimate of drug-likeness (QED) is 0.521. The van der Waals surface area contributed by atoms with Crippen LogP contribution in [0.4, 0.5) is 24.5 Å². The van der Waals surface area contributed by atoms with Crippen LogP contribution in [0.3, 0.4) is 0 Å². The predicted octanol–water partition coefficient (Wildman–Crippen LogP) is 4.00. The summed E-state index contributed by atoms with van der Waals surface area (Å²) in [6.45, 7) is 0.468. The van der Waals surface area contributed by atoms with E-state index in [2.05, 4.69) is 5.32 Å². The van der Waals surface area contributed by atoms with Gasteiger partial charge < -0.3 is 10.1 Å². The number of hydrogen-bond acceptors (Lipinski definition) is 6. The molecule has 12 heteroatoms. The molecule has 3 rings (SSSR count). The fourth-order valence-corrected chi connectivity index (χ4v) is 3.64. The first-order chi connectivity index (χ1) is 15.0. The van der Waals surface area contributed by atoms with Gasteiger partial charge in [0.1, 0.15) is 0 Å². The third-order valence-corrected chi connectivity index (χ3v) is 5.43. The number of nitro groups is 2. The third-order valence-electron chi connectivity index (χ3n) is 5.43. The lowest BCUT2D eigenvalue weighted by molar-refractivity contribution is -0.394. The van der Waals surface area contributed by atoms with Gasteiger partial charge in [0, 0.05) is 37.3 Å². The van der Waals surface area contributed by atoms with E-state index in [1.54, 1.807) is 6.07 Å². The summed E-state index contributed by atoms with van der Waals surface area (Å²) >= 11 is 0. The molecule has 0 atom stereocenters. The number of ether oxygens (including phenoxy) is 1. The van der Waals surface area contributed by atoms with E-state index in [4.69, 9.17) is 4.74 Å². The maximum absolute atomic E-state index is 13.2. The number of alkyl halides is 3. The number of rotatable bonds is 6. The Morgan fingerprint density at radius 2 is 1.62 bits per heavy atom. The Morgan fingerprint density at radius 1 is 1.03 bits per heavy atom. The van der Waals surface area contributed by atoms with Crippen molar-refractivity contribution in [1.29, 1.82) is 0 Å². The van der Waals surface area contributed by atoms with E-state index < -0.39 is 44.3 Å². The van der Waals surface area contributed by atoms with Gasteiger partial charge in [-0.25, -0.2) is 0 Å². The van der Waals surface area contributed by atoms with Crippen LogP contribution in [-0.4, -0.2) is 35.5 Å². The van der Waals surface area contributed by atoms with Crippen LogP contribution in [0, 0.1) is 20.2 Å². The summed E-state index contributed by atoms with van der Waals surface area (Å²) in [7, 11) is 0. The number of hydrogen-bond donors (Lipinski definition) is 1. The molecule has 1 N–H and O–H groups in total. The molecule has 0 aromatic heterocycles. The van der Waals surface area contributed by atoms with Gasteiger partial charge in [0.25, 0.3) is 17.3 Å². The Labute approximate surface area is 179 Å². The molecule has 2 aromatic rings. The molecule has 1 amide bonds. The largest absolute Gasteiger partial charge is 0.416 e. The molecule has 0 radical (unpaired) electrons. The SMILES string of the molecule is O=C(NCC1(c2cccc(C(F)(F)F)c2)CCOCC1)c1cc([N+](=O)[O-])cc([N+](=O)[O-])c1. The highest BCUT2D eigenvalue weighted by atomic mass is 19.4. The van der Waals surface area contributed by atoms with E-state index in [1.807, 2.05) is 0 Å². The lowest BCUT2D eigenvalue weighted by Crippen LogP contribution is -2.44. The minimum Gasteiger partial charge on any atom is -0.381 e. The summed E-state index contributed by atoms with van der Waals surface area (Å²) in [6, 6.07) is 7.38. The van der Waals surface area contributed by atoms with Gasteiger partial charge in [0.2, 0.25) is 0 Å². The van der Waals surface area contributed by atoms with Crippen molar-refractivity contribution in [2.24, 2.45) is 0 Å². The van der Waals surface area contributed by atoms with Gasteiger partial charge in [0.15, 0.2) is 0 Å². The summed E-state index contributed by atoms with van der Waals surface area (Å²) in [4.78, 5) is 33.1. The van der Waals surface area contributed by atoms with E-state index in [0.717, 1.165) is 30.3 Å². The average molecular weight is 453 g/mol. The number of carbonyl (C=O) groups is 1. The number of amides is 1. The van der Waals surface area contributed by atoms with Crippen molar-refractivity contribution >= 4 is 17.3 Å². The Hall–Kier alpha value is -3.54. The van der Waals surface area contributed by atoms with Crippen LogP contribution in [0.25, 0.3) is 0 Å². The Bertz CT molecular complexity index is 1020. The van der Waals surface area contributed by atoms with Crippen molar-refractivity contribution in [3.8, 4) is 0 Å². The highest BCUT2D eigenvalue weighted by Crippen LogP contribution is 2.38. The zero-order chi connectivity index (χ0) is 23.5. The van der Waals surface area contributed by atoms with Crippen LogP contribution in [0.5, 0.6) is 0 Å². The maximum Gasteiger partial charge on any atom is 0.416 e. The van der Waals surface area contributed by atoms with E-state index in [9.17, 15) is 38.2 Å². The molecule has 32 heavy (non-hydrogen) atoms. The first-order valence-corrected chi connectivity index (χ1v) is 9.49. The van der Waals surface area contributed by atoms with Crippen molar-refractivity contribution in [3.05, 3.63) is 79.4 Å². The molecule has 1 fully saturated rings. The van der Waals surface area contributed by atoms with Gasteiger partial charge in [-0.2, -0.15) is 13.2 Å². The monoisotopic (exact) mass is 453 g/mol. The number of carbonyl (C=O) groups excluding carboxylic acids is 1. The summed E-state index contributed by atoms with van der Waals surface area (Å²) in [6.07, 6.45) is -3.86. The second-order valence-corrected chi connectivity index (χ2v) is 7.41. The second kappa shape index (κ2) is 8.91. The van der Waals surface area contributed by atoms with Gasteiger partial charge in [-0.15, -0.1) is 0 Å². The lowest BCUT2D eigenvalue weighted by Gasteiger charge is -2.38. The number of benzene rings is 2. The minimum atomic E-state index is -4.53. The predicted molar refractivity (Wildman–Crippen MR) is 105 cm³/mol. The van der Waals surface area contributed by atoms with Crippen molar-refractivity contribution in [2.75, 3.05) is 19.8 Å². The molecule has 9 nitrogen and oxygen atoms in total. The topological polar surface area (TPSA) is 125 Å². The molecule has 2 aromatic carbocycles. The first-order valence-electron chi connectivity index (χ1n) is 9.49. The molecular weight excluding hydrogens is 435 g/mol. The van der Waals surface area contributed by atoms with Gasteiger partial charge >= 0.3 is 6.18 Å². The Balaban J connectivity index is 1.89. The molecule has 0 saturated carbocycles. The van der Waals surface area contributed by atoms with Gasteiger partial charge in [-0.05, 0) is 24.5 Å². The zero-order valence-electron chi connectivity index (χ0n) is 16.6. The lowest BCUT2D eigenvalue weighted by atomic mass is 9.73. The van der Waals surface area contributed by atoms with Crippen LogP contribution in [0.2, 0.25) is 0 Å². The van der Waals surface area contributed by atoms with Gasteiger partial charge in [-0.1, -0.05) is 18.2 Å². The number of nitro benzene ring substituents is 2. The summed E-state index contributed by atoms with van der Waals surface area (Å²) in [5.41, 5.74) is -2.84. The van der Waals surface area contributed by atoms with Crippen LogP contribution in [-0.2, 0) is 16.3 Å². The molecular formula is C20H18F3N3O6. The average Bonchev–Trinajstić information content (AvgIpc) is 2.77. The molecule has 0 aliphatic carbocycles. The first kappa shape index (κ1) is 23.1. The van der Waals surface area contributed by atoms with Crippen molar-refractivity contribution in [2.45, 2.75) is 24.4 Å². The summed E-state index contributed by atoms with van der Waals surface area (Å²) in [5, 5.41) is 24.7. The highest BCUT2D eigenvalue weighted by Gasteiger charge is 2.38. The fraction of sp³-hybridized carbons (Fsp3) is 0.350. The molecule has 1 aliphatic rings. The minimum absolute atomic E-state index is 0.0764. The molecule has 1 aliphatic heterocycles. The fourth-order valence-electron chi connectivity index (χ4n) is 3.64. The molecule has 1 saturated heterocycles. The van der Waals surface area contributed by atoms with E-state index >= 15 is 0 Å². The van der Waals surface area contributed by atoms with Crippen LogP contribution in [0.1, 0.15) is 34.3 Å². The number of nitrogens with one attached hydrogen (secondary N) is 1. The summed E-state index contributed by atoms with van der Waals surface area (Å²) < 4.78 is 44.9. The zero-order valence-corrected chi connectivity index (χ0v) is 16.6. The second-order valence-electron chi connectivity index (χ2n) is 7.41. The van der Waals surface area contributed by atoms with Gasteiger partial charge in [-0.3, -0.25) is 25.0 Å². The third kappa shape index (κ3) is 5.02. The van der Waals surface area contributed by atoms with Crippen LogP contribution in [0.15, 0.2) is 42.5 Å². The number of non-ortho nitro benzene ring substituents is 2. The Morgan fingerprint density at radius 3 is 2.16 bits per heavy atom. The maximum atomic E-state index is 13.2. The molecule has 170 valence electrons. The van der Waals surface area contributed by atoms with E-state index in [-0.39, 0.29) is 25.3 Å². The molecule has 0 unspecified atom stereocenters. The molecule has 0 spiro atoms. The van der Waals surface area contributed by atoms with Crippen molar-refractivity contribution < 1.29 is 32.5 Å². The van der Waals surface area contributed by atoms with E-state index in [0.29, 0.717) is 18.4 Å². The van der Waals surface area contributed by atoms with Crippen LogP contribution < -0.4 is 5.32 Å². The highest BCUT2D eigenvalue weighted by molar-refractivity contribution is 5.95. The summed E-state index contributed by atoms with van der Waals surface area (Å²) in [5.74, 6) is -0.811. The van der Waals surface area contributed by atoms with Crippen LogP contribution >= 0.6 is 0 Å². The van der Waals surface area contributed by atoms with Crippen molar-refractivity contribution in [3.63, 3.8) is 0 Å². The Kier molecular flexibility index (Phi) is 6.44.